The summed E-state index contributed by atoms with van der Waals surface area (Å²) in [6.45, 7) is 2.83. The number of aromatic amines is 1. The molecule has 2 aromatic heterocycles. The number of anilines is 1. The fraction of sp³-hybridized carbons (Fsp3) is 0.294. The van der Waals surface area contributed by atoms with E-state index < -0.39 is 0 Å². The zero-order valence-electron chi connectivity index (χ0n) is 12.6. The molecule has 2 heterocycles. The number of nitrogens with zero attached hydrogens (tertiary/aromatic N) is 2. The van der Waals surface area contributed by atoms with Gasteiger partial charge in [0.05, 0.1) is 18.3 Å². The molecule has 0 bridgehead atoms. The minimum Gasteiger partial charge on any atom is -0.392 e. The number of fused-ring (bicyclic) bond motifs is 1. The first-order valence-corrected chi connectivity index (χ1v) is 7.50. The maximum Gasteiger partial charge on any atom is 0.132 e. The molecule has 5 heteroatoms. The van der Waals surface area contributed by atoms with Gasteiger partial charge >= 0.3 is 0 Å². The van der Waals surface area contributed by atoms with E-state index in [1.54, 1.807) is 0 Å². The molecule has 3 rings (SSSR count). The topological polar surface area (TPSA) is 73.8 Å². The van der Waals surface area contributed by atoms with Crippen molar-refractivity contribution in [2.75, 3.05) is 11.9 Å². The largest absolute Gasteiger partial charge is 0.392 e. The minimum atomic E-state index is -0.0129. The molecule has 0 saturated carbocycles. The van der Waals surface area contributed by atoms with E-state index >= 15 is 0 Å². The number of benzene rings is 1. The summed E-state index contributed by atoms with van der Waals surface area (Å²) in [6, 6.07) is 9.93. The van der Waals surface area contributed by atoms with Crippen LogP contribution in [-0.4, -0.2) is 26.8 Å². The number of aryl methyl sites for hydroxylation is 2. The highest BCUT2D eigenvalue weighted by Crippen LogP contribution is 2.20. The Bertz CT molecular complexity index is 766. The Hall–Kier alpha value is -2.40. The number of aliphatic hydroxyl groups is 1. The number of aromatic nitrogens is 3. The summed E-state index contributed by atoms with van der Waals surface area (Å²) in [7, 11) is 0. The molecular weight excluding hydrogens is 276 g/mol. The zero-order valence-corrected chi connectivity index (χ0v) is 12.6. The summed E-state index contributed by atoms with van der Waals surface area (Å²) < 4.78 is 0. The van der Waals surface area contributed by atoms with Crippen LogP contribution in [0.1, 0.15) is 23.2 Å². The zero-order chi connectivity index (χ0) is 15.4. The van der Waals surface area contributed by atoms with Crippen molar-refractivity contribution in [3.63, 3.8) is 0 Å². The molecule has 114 valence electrons. The summed E-state index contributed by atoms with van der Waals surface area (Å²) in [5, 5.41) is 20.9. The lowest BCUT2D eigenvalue weighted by molar-refractivity contribution is 0.282. The Morgan fingerprint density at radius 3 is 2.86 bits per heavy atom. The first-order chi connectivity index (χ1) is 10.8. The van der Waals surface area contributed by atoms with Crippen molar-refractivity contribution >= 4 is 16.7 Å². The monoisotopic (exact) mass is 296 g/mol. The third-order valence-corrected chi connectivity index (χ3v) is 3.82. The Labute approximate surface area is 129 Å². The Balaban J connectivity index is 1.66. The highest BCUT2D eigenvalue weighted by molar-refractivity contribution is 5.81. The number of hydrogen-bond acceptors (Lipinski definition) is 4. The lowest BCUT2D eigenvalue weighted by Gasteiger charge is -2.11. The summed E-state index contributed by atoms with van der Waals surface area (Å²) >= 11 is 0. The van der Waals surface area contributed by atoms with E-state index in [2.05, 4.69) is 20.5 Å². The van der Waals surface area contributed by atoms with Gasteiger partial charge in [0.2, 0.25) is 0 Å². The van der Waals surface area contributed by atoms with Crippen LogP contribution in [0.25, 0.3) is 10.9 Å². The molecule has 22 heavy (non-hydrogen) atoms. The molecule has 0 amide bonds. The summed E-state index contributed by atoms with van der Waals surface area (Å²) in [5.74, 6) is 0.769. The van der Waals surface area contributed by atoms with Crippen LogP contribution in [0.4, 0.5) is 5.82 Å². The van der Waals surface area contributed by atoms with E-state index in [0.717, 1.165) is 47.4 Å². The molecule has 0 aliphatic heterocycles. The quantitative estimate of drug-likeness (QED) is 0.612. The molecule has 0 saturated heterocycles. The molecule has 5 nitrogen and oxygen atoms in total. The van der Waals surface area contributed by atoms with Gasteiger partial charge in [-0.05, 0) is 37.5 Å². The number of para-hydroxylation sites is 1. The number of pyridine rings is 1. The standard InChI is InChI=1S/C17H20N4O/c1-12-14(10-19-21-12)6-4-8-18-17-15(11-22)9-13-5-2-3-7-16(13)20-17/h2-3,5,7,9-10,22H,4,6,8,11H2,1H3,(H,18,20)(H,19,21). The van der Waals surface area contributed by atoms with Crippen LogP contribution in [0.2, 0.25) is 0 Å². The van der Waals surface area contributed by atoms with Crippen LogP contribution >= 0.6 is 0 Å². The Morgan fingerprint density at radius 1 is 1.23 bits per heavy atom. The second-order valence-electron chi connectivity index (χ2n) is 5.40. The normalized spacial score (nSPS) is 11.0. The molecule has 0 spiro atoms. The van der Waals surface area contributed by atoms with Crippen molar-refractivity contribution in [2.45, 2.75) is 26.4 Å². The van der Waals surface area contributed by atoms with Gasteiger partial charge in [-0.1, -0.05) is 18.2 Å². The third-order valence-electron chi connectivity index (χ3n) is 3.82. The predicted octanol–water partition coefficient (Wildman–Crippen LogP) is 2.80. The average molecular weight is 296 g/mol. The first-order valence-electron chi connectivity index (χ1n) is 7.50. The second-order valence-corrected chi connectivity index (χ2v) is 5.40. The number of nitrogens with one attached hydrogen (secondary N) is 2. The summed E-state index contributed by atoms with van der Waals surface area (Å²) in [4.78, 5) is 4.61. The van der Waals surface area contributed by atoms with E-state index in [1.807, 2.05) is 43.5 Å². The average Bonchev–Trinajstić information content (AvgIpc) is 2.96. The molecule has 1 aromatic carbocycles. The van der Waals surface area contributed by atoms with Gasteiger partial charge in [0, 0.05) is 23.2 Å². The molecule has 0 fully saturated rings. The lowest BCUT2D eigenvalue weighted by atomic mass is 10.1. The molecule has 0 aliphatic carbocycles. The Morgan fingerprint density at radius 2 is 2.09 bits per heavy atom. The van der Waals surface area contributed by atoms with Crippen LogP contribution < -0.4 is 5.32 Å². The van der Waals surface area contributed by atoms with E-state index in [9.17, 15) is 5.11 Å². The van der Waals surface area contributed by atoms with Gasteiger partial charge in [-0.15, -0.1) is 0 Å². The predicted molar refractivity (Wildman–Crippen MR) is 87.8 cm³/mol. The summed E-state index contributed by atoms with van der Waals surface area (Å²) in [6.07, 6.45) is 3.83. The lowest BCUT2D eigenvalue weighted by Crippen LogP contribution is -2.07. The van der Waals surface area contributed by atoms with Crippen molar-refractivity contribution < 1.29 is 5.11 Å². The number of rotatable bonds is 6. The molecule has 3 N–H and O–H groups in total. The van der Waals surface area contributed by atoms with Gasteiger partial charge < -0.3 is 10.4 Å². The van der Waals surface area contributed by atoms with Gasteiger partial charge in [0.1, 0.15) is 5.82 Å². The minimum absolute atomic E-state index is 0.0129. The number of hydrogen-bond donors (Lipinski definition) is 3. The fourth-order valence-corrected chi connectivity index (χ4v) is 2.55. The van der Waals surface area contributed by atoms with Crippen molar-refractivity contribution in [1.29, 1.82) is 0 Å². The van der Waals surface area contributed by atoms with Crippen molar-refractivity contribution in [3.8, 4) is 0 Å². The van der Waals surface area contributed by atoms with Gasteiger partial charge in [0.25, 0.3) is 0 Å². The van der Waals surface area contributed by atoms with Gasteiger partial charge in [0.15, 0.2) is 0 Å². The van der Waals surface area contributed by atoms with Crippen LogP contribution in [0, 0.1) is 6.92 Å². The van der Waals surface area contributed by atoms with Gasteiger partial charge in [-0.2, -0.15) is 5.10 Å². The van der Waals surface area contributed by atoms with Crippen molar-refractivity contribution in [1.82, 2.24) is 15.2 Å². The van der Waals surface area contributed by atoms with Crippen LogP contribution in [0.15, 0.2) is 36.5 Å². The van der Waals surface area contributed by atoms with Crippen molar-refractivity contribution in [2.24, 2.45) is 0 Å². The highest BCUT2D eigenvalue weighted by atomic mass is 16.3. The molecule has 0 unspecified atom stereocenters. The van der Waals surface area contributed by atoms with E-state index in [1.165, 1.54) is 5.56 Å². The maximum atomic E-state index is 9.53. The number of aliphatic hydroxyl groups excluding tert-OH is 1. The van der Waals surface area contributed by atoms with E-state index in [0.29, 0.717) is 0 Å². The molecular formula is C17H20N4O. The van der Waals surface area contributed by atoms with Crippen molar-refractivity contribution in [3.05, 3.63) is 53.3 Å². The third kappa shape index (κ3) is 3.09. The first kappa shape index (κ1) is 14.5. The molecule has 0 aliphatic rings. The fourth-order valence-electron chi connectivity index (χ4n) is 2.55. The SMILES string of the molecule is Cc1[nH]ncc1CCCNc1nc2ccccc2cc1CO. The molecule has 3 aromatic rings. The Kier molecular flexibility index (Phi) is 4.34. The van der Waals surface area contributed by atoms with E-state index in [-0.39, 0.29) is 6.61 Å². The molecule has 0 radical (unpaired) electrons. The van der Waals surface area contributed by atoms with Crippen LogP contribution in [-0.2, 0) is 13.0 Å². The van der Waals surface area contributed by atoms with Gasteiger partial charge in [-0.25, -0.2) is 4.98 Å². The van der Waals surface area contributed by atoms with Crippen LogP contribution in [0.3, 0.4) is 0 Å². The van der Waals surface area contributed by atoms with Gasteiger partial charge in [-0.3, -0.25) is 5.10 Å². The highest BCUT2D eigenvalue weighted by Gasteiger charge is 2.06. The van der Waals surface area contributed by atoms with Crippen LogP contribution in [0.5, 0.6) is 0 Å². The smallest absolute Gasteiger partial charge is 0.132 e. The molecule has 0 atom stereocenters. The summed E-state index contributed by atoms with van der Waals surface area (Å²) in [5.41, 5.74) is 4.14. The maximum absolute atomic E-state index is 9.53. The van der Waals surface area contributed by atoms with E-state index in [4.69, 9.17) is 0 Å². The number of H-pyrrole nitrogens is 1. The second kappa shape index (κ2) is 6.58.